The van der Waals surface area contributed by atoms with Crippen LogP contribution in [0.5, 0.6) is 0 Å². The van der Waals surface area contributed by atoms with Crippen molar-refractivity contribution >= 4 is 22.6 Å². The summed E-state index contributed by atoms with van der Waals surface area (Å²) in [6.07, 6.45) is -0.327. The first-order valence-electron chi connectivity index (χ1n) is 5.97. The minimum atomic E-state index is -0.498. The van der Waals surface area contributed by atoms with E-state index >= 15 is 0 Å². The lowest BCUT2D eigenvalue weighted by Crippen LogP contribution is -2.20. The Labute approximate surface area is 111 Å². The molecule has 0 spiro atoms. The van der Waals surface area contributed by atoms with Gasteiger partial charge in [-0.2, -0.15) is 0 Å². The summed E-state index contributed by atoms with van der Waals surface area (Å²) < 4.78 is 10.1. The van der Waals surface area contributed by atoms with Gasteiger partial charge in [-0.15, -0.1) is 0 Å². The van der Waals surface area contributed by atoms with Crippen molar-refractivity contribution in [3.8, 4) is 0 Å². The van der Waals surface area contributed by atoms with E-state index in [1.54, 1.807) is 20.1 Å². The van der Waals surface area contributed by atoms with Crippen molar-refractivity contribution in [1.29, 1.82) is 0 Å². The number of hydrogen-bond acceptors (Lipinski definition) is 5. The fourth-order valence-electron chi connectivity index (χ4n) is 1.82. The number of carbonyl (C=O) groups excluding carboxylic acids is 1. The van der Waals surface area contributed by atoms with Crippen LogP contribution in [0.2, 0.25) is 0 Å². The van der Waals surface area contributed by atoms with Gasteiger partial charge in [-0.25, -0.2) is 9.78 Å². The number of nitrogen functional groups attached to an aromatic ring is 1. The van der Waals surface area contributed by atoms with Gasteiger partial charge in [-0.1, -0.05) is 18.2 Å². The Morgan fingerprint density at radius 3 is 2.89 bits per heavy atom. The third kappa shape index (κ3) is 3.00. The molecule has 5 nitrogen and oxygen atoms in total. The van der Waals surface area contributed by atoms with Crippen LogP contribution in [0.1, 0.15) is 17.4 Å². The largest absolute Gasteiger partial charge is 0.455 e. The smallest absolute Gasteiger partial charge is 0.357 e. The number of ether oxygens (including phenoxy) is 2. The summed E-state index contributed by atoms with van der Waals surface area (Å²) >= 11 is 0. The van der Waals surface area contributed by atoms with E-state index in [9.17, 15) is 4.79 Å². The van der Waals surface area contributed by atoms with E-state index in [-0.39, 0.29) is 11.8 Å². The lowest BCUT2D eigenvalue weighted by atomic mass is 10.1. The summed E-state index contributed by atoms with van der Waals surface area (Å²) in [7, 11) is 1.55. The number of anilines is 1. The normalized spacial score (nSPS) is 12.3. The number of para-hydroxylation sites is 1. The predicted molar refractivity (Wildman–Crippen MR) is 72.9 cm³/mol. The zero-order valence-corrected chi connectivity index (χ0v) is 10.9. The molecule has 0 fully saturated rings. The maximum atomic E-state index is 11.9. The van der Waals surface area contributed by atoms with Crippen molar-refractivity contribution in [1.82, 2.24) is 4.98 Å². The van der Waals surface area contributed by atoms with Crippen molar-refractivity contribution in [2.45, 2.75) is 13.0 Å². The monoisotopic (exact) mass is 260 g/mol. The molecule has 100 valence electrons. The number of methoxy groups -OCH3 is 1. The molecule has 1 unspecified atom stereocenters. The molecule has 2 aromatic rings. The van der Waals surface area contributed by atoms with Crippen LogP contribution >= 0.6 is 0 Å². The molecule has 1 heterocycles. The summed E-state index contributed by atoms with van der Waals surface area (Å²) in [6.45, 7) is 2.10. The second-order valence-corrected chi connectivity index (χ2v) is 4.29. The molecule has 0 saturated heterocycles. The van der Waals surface area contributed by atoms with E-state index in [0.29, 0.717) is 17.8 Å². The number of pyridine rings is 1. The molecule has 1 aromatic heterocycles. The first-order chi connectivity index (χ1) is 9.11. The number of hydrogen-bond donors (Lipinski definition) is 1. The summed E-state index contributed by atoms with van der Waals surface area (Å²) in [5.74, 6) is -0.498. The quantitative estimate of drug-likeness (QED) is 0.851. The molecule has 5 heteroatoms. The van der Waals surface area contributed by atoms with E-state index < -0.39 is 5.97 Å². The average molecular weight is 260 g/mol. The number of nitrogens with two attached hydrogens (primary N) is 1. The lowest BCUT2D eigenvalue weighted by Gasteiger charge is -2.12. The standard InChI is InChI=1S/C14H16N2O3/c1-9(8-18-2)19-14(17)13-7-11(15)10-5-3-4-6-12(10)16-13/h3-7,9H,8H2,1-2H3,(H2,15,16). The highest BCUT2D eigenvalue weighted by molar-refractivity contribution is 5.96. The van der Waals surface area contributed by atoms with Crippen LogP contribution in [-0.4, -0.2) is 30.8 Å². The Balaban J connectivity index is 2.28. The van der Waals surface area contributed by atoms with Gasteiger partial charge in [0.1, 0.15) is 6.10 Å². The number of esters is 1. The van der Waals surface area contributed by atoms with Gasteiger partial charge in [-0.05, 0) is 19.1 Å². The van der Waals surface area contributed by atoms with E-state index in [2.05, 4.69) is 4.98 Å². The molecule has 0 aliphatic heterocycles. The van der Waals surface area contributed by atoms with Crippen LogP contribution < -0.4 is 5.73 Å². The number of nitrogens with zero attached hydrogens (tertiary/aromatic N) is 1. The fraction of sp³-hybridized carbons (Fsp3) is 0.286. The second-order valence-electron chi connectivity index (χ2n) is 4.29. The topological polar surface area (TPSA) is 74.4 Å². The van der Waals surface area contributed by atoms with E-state index in [1.807, 2.05) is 18.2 Å². The highest BCUT2D eigenvalue weighted by Crippen LogP contribution is 2.20. The Hall–Kier alpha value is -2.14. The summed E-state index contributed by atoms with van der Waals surface area (Å²) in [6, 6.07) is 8.92. The van der Waals surface area contributed by atoms with Crippen molar-refractivity contribution in [3.63, 3.8) is 0 Å². The summed E-state index contributed by atoms with van der Waals surface area (Å²) in [4.78, 5) is 16.2. The SMILES string of the molecule is COCC(C)OC(=O)c1cc(N)c2ccccc2n1. The second kappa shape index (κ2) is 5.67. The van der Waals surface area contributed by atoms with Crippen molar-refractivity contribution in [2.24, 2.45) is 0 Å². The van der Waals surface area contributed by atoms with Gasteiger partial charge in [0.15, 0.2) is 5.69 Å². The Morgan fingerprint density at radius 1 is 1.42 bits per heavy atom. The number of rotatable bonds is 4. The van der Waals surface area contributed by atoms with Crippen molar-refractivity contribution < 1.29 is 14.3 Å². The van der Waals surface area contributed by atoms with Gasteiger partial charge >= 0.3 is 5.97 Å². The molecule has 2 N–H and O–H groups in total. The predicted octanol–water partition coefficient (Wildman–Crippen LogP) is 2.01. The zero-order chi connectivity index (χ0) is 13.8. The first-order valence-corrected chi connectivity index (χ1v) is 5.97. The summed E-state index contributed by atoms with van der Waals surface area (Å²) in [5.41, 5.74) is 7.31. The zero-order valence-electron chi connectivity index (χ0n) is 10.9. The molecule has 0 bridgehead atoms. The Morgan fingerprint density at radius 2 is 2.16 bits per heavy atom. The number of carbonyl (C=O) groups is 1. The third-order valence-corrected chi connectivity index (χ3v) is 2.67. The maximum Gasteiger partial charge on any atom is 0.357 e. The number of fused-ring (bicyclic) bond motifs is 1. The molecule has 0 aliphatic rings. The minimum Gasteiger partial charge on any atom is -0.455 e. The molecule has 1 atom stereocenters. The van der Waals surface area contributed by atoms with Gasteiger partial charge in [0, 0.05) is 18.2 Å². The molecular weight excluding hydrogens is 244 g/mol. The van der Waals surface area contributed by atoms with Gasteiger partial charge in [-0.3, -0.25) is 0 Å². The fourth-order valence-corrected chi connectivity index (χ4v) is 1.82. The van der Waals surface area contributed by atoms with Crippen LogP contribution in [0, 0.1) is 0 Å². The van der Waals surface area contributed by atoms with Crippen LogP contribution in [0.3, 0.4) is 0 Å². The van der Waals surface area contributed by atoms with Gasteiger partial charge in [0.2, 0.25) is 0 Å². The Kier molecular flexibility index (Phi) is 3.97. The van der Waals surface area contributed by atoms with E-state index in [1.165, 1.54) is 6.07 Å². The first kappa shape index (κ1) is 13.3. The molecule has 0 radical (unpaired) electrons. The highest BCUT2D eigenvalue weighted by atomic mass is 16.6. The van der Waals surface area contributed by atoms with Crippen LogP contribution in [0.15, 0.2) is 30.3 Å². The third-order valence-electron chi connectivity index (χ3n) is 2.67. The molecule has 0 aliphatic carbocycles. The lowest BCUT2D eigenvalue weighted by molar-refractivity contribution is 0.0115. The summed E-state index contributed by atoms with van der Waals surface area (Å²) in [5, 5.41) is 0.823. The molecule has 0 amide bonds. The van der Waals surface area contributed by atoms with E-state index in [0.717, 1.165) is 5.39 Å². The van der Waals surface area contributed by atoms with Crippen molar-refractivity contribution in [2.75, 3.05) is 19.5 Å². The van der Waals surface area contributed by atoms with Crippen LogP contribution in [0.25, 0.3) is 10.9 Å². The van der Waals surface area contributed by atoms with E-state index in [4.69, 9.17) is 15.2 Å². The van der Waals surface area contributed by atoms with Crippen LogP contribution in [-0.2, 0) is 9.47 Å². The molecule has 1 aromatic carbocycles. The van der Waals surface area contributed by atoms with Gasteiger partial charge in [0.25, 0.3) is 0 Å². The highest BCUT2D eigenvalue weighted by Gasteiger charge is 2.15. The molecule has 2 rings (SSSR count). The van der Waals surface area contributed by atoms with Crippen LogP contribution in [0.4, 0.5) is 5.69 Å². The maximum absolute atomic E-state index is 11.9. The minimum absolute atomic E-state index is 0.208. The van der Waals surface area contributed by atoms with Crippen molar-refractivity contribution in [3.05, 3.63) is 36.0 Å². The average Bonchev–Trinajstić information content (AvgIpc) is 2.39. The molecule has 19 heavy (non-hydrogen) atoms. The molecular formula is C14H16N2O3. The van der Waals surface area contributed by atoms with Gasteiger partial charge in [0.05, 0.1) is 12.1 Å². The number of aromatic nitrogens is 1. The van der Waals surface area contributed by atoms with Gasteiger partial charge < -0.3 is 15.2 Å². The number of benzene rings is 1. The molecule has 0 saturated carbocycles. The Bertz CT molecular complexity index is 598.